The van der Waals surface area contributed by atoms with Crippen molar-refractivity contribution in [2.24, 2.45) is 11.8 Å². The fourth-order valence-corrected chi connectivity index (χ4v) is 3.56. The molecule has 0 aromatic rings. The molecule has 3 rings (SSSR count). The fraction of sp³-hybridized carbons (Fsp3) is 0.929. The predicted molar refractivity (Wildman–Crippen MR) is 64.9 cm³/mol. The summed E-state index contributed by atoms with van der Waals surface area (Å²) in [5.41, 5.74) is 0. The van der Waals surface area contributed by atoms with Crippen LogP contribution in [-0.2, 0) is 14.3 Å². The van der Waals surface area contributed by atoms with Crippen molar-refractivity contribution in [2.45, 2.75) is 69.9 Å². The quantitative estimate of drug-likeness (QED) is 0.740. The first-order valence-electron chi connectivity index (χ1n) is 7.24. The SMILES string of the molecule is CCC12OC1(CC(CC1CCCCC1)C(=O)O)O2. The average molecular weight is 254 g/mol. The van der Waals surface area contributed by atoms with E-state index in [2.05, 4.69) is 0 Å². The molecule has 0 amide bonds. The van der Waals surface area contributed by atoms with Gasteiger partial charge in [-0.05, 0) is 12.3 Å². The topological polar surface area (TPSA) is 62.4 Å². The van der Waals surface area contributed by atoms with Crippen LogP contribution in [0.4, 0.5) is 0 Å². The first-order chi connectivity index (χ1) is 8.61. The Kier molecular flexibility index (Phi) is 2.90. The van der Waals surface area contributed by atoms with E-state index in [4.69, 9.17) is 9.47 Å². The zero-order chi connectivity index (χ0) is 12.8. The summed E-state index contributed by atoms with van der Waals surface area (Å²) >= 11 is 0. The number of epoxide rings is 2. The van der Waals surface area contributed by atoms with E-state index in [0.29, 0.717) is 12.3 Å². The van der Waals surface area contributed by atoms with E-state index >= 15 is 0 Å². The largest absolute Gasteiger partial charge is 0.481 e. The summed E-state index contributed by atoms with van der Waals surface area (Å²) in [6, 6.07) is 0. The number of carboxylic acid groups (broad SMARTS) is 1. The van der Waals surface area contributed by atoms with E-state index in [1.165, 1.54) is 32.1 Å². The molecule has 1 saturated carbocycles. The smallest absolute Gasteiger partial charge is 0.306 e. The second-order valence-corrected chi connectivity index (χ2v) is 6.04. The van der Waals surface area contributed by atoms with Gasteiger partial charge in [0.05, 0.1) is 5.92 Å². The number of hydrogen-bond acceptors (Lipinski definition) is 3. The first-order valence-corrected chi connectivity index (χ1v) is 7.24. The van der Waals surface area contributed by atoms with E-state index in [0.717, 1.165) is 12.8 Å². The molecular weight excluding hydrogens is 232 g/mol. The van der Waals surface area contributed by atoms with Crippen molar-refractivity contribution in [2.75, 3.05) is 0 Å². The average Bonchev–Trinajstić information content (AvgIpc) is 3.15. The molecule has 0 bridgehead atoms. The van der Waals surface area contributed by atoms with Crippen molar-refractivity contribution in [3.05, 3.63) is 0 Å². The summed E-state index contributed by atoms with van der Waals surface area (Å²) in [6.07, 6.45) is 8.36. The molecule has 18 heavy (non-hydrogen) atoms. The van der Waals surface area contributed by atoms with Crippen LogP contribution in [0, 0.1) is 11.8 Å². The maximum atomic E-state index is 11.4. The van der Waals surface area contributed by atoms with Gasteiger partial charge in [-0.1, -0.05) is 39.0 Å². The molecular formula is C14H22O4. The first kappa shape index (κ1) is 12.4. The normalized spacial score (nSPS) is 40.1. The molecule has 2 aliphatic heterocycles. The van der Waals surface area contributed by atoms with Crippen molar-refractivity contribution in [3.8, 4) is 0 Å². The van der Waals surface area contributed by atoms with Gasteiger partial charge < -0.3 is 14.6 Å². The summed E-state index contributed by atoms with van der Waals surface area (Å²) in [7, 11) is 0. The fourth-order valence-electron chi connectivity index (χ4n) is 3.56. The lowest BCUT2D eigenvalue weighted by molar-refractivity contribution is -0.147. The zero-order valence-electron chi connectivity index (χ0n) is 11.0. The molecule has 1 aliphatic carbocycles. The molecule has 4 nitrogen and oxygen atoms in total. The number of rotatable bonds is 6. The van der Waals surface area contributed by atoms with E-state index in [-0.39, 0.29) is 5.92 Å². The van der Waals surface area contributed by atoms with Crippen molar-refractivity contribution in [1.82, 2.24) is 0 Å². The summed E-state index contributed by atoms with van der Waals surface area (Å²) in [4.78, 5) is 11.4. The molecule has 0 spiro atoms. The highest BCUT2D eigenvalue weighted by Crippen LogP contribution is 2.72. The highest BCUT2D eigenvalue weighted by molar-refractivity contribution is 5.70. The van der Waals surface area contributed by atoms with Gasteiger partial charge in [0.1, 0.15) is 0 Å². The predicted octanol–water partition coefficient (Wildman–Crippen LogP) is 2.91. The molecule has 1 atom stereocenters. The molecule has 3 fully saturated rings. The van der Waals surface area contributed by atoms with Crippen LogP contribution in [-0.4, -0.2) is 22.7 Å². The van der Waals surface area contributed by atoms with Crippen LogP contribution in [0.3, 0.4) is 0 Å². The second kappa shape index (κ2) is 4.20. The molecule has 4 heteroatoms. The highest BCUT2D eigenvalue weighted by atomic mass is 17.0. The highest BCUT2D eigenvalue weighted by Gasteiger charge is 2.89. The van der Waals surface area contributed by atoms with Gasteiger partial charge in [-0.2, -0.15) is 0 Å². The van der Waals surface area contributed by atoms with Crippen molar-refractivity contribution < 1.29 is 19.4 Å². The Morgan fingerprint density at radius 2 is 1.94 bits per heavy atom. The minimum Gasteiger partial charge on any atom is -0.481 e. The number of carboxylic acids is 1. The third kappa shape index (κ3) is 1.95. The van der Waals surface area contributed by atoms with Crippen LogP contribution in [0.15, 0.2) is 0 Å². The Hall–Kier alpha value is -0.610. The van der Waals surface area contributed by atoms with Crippen LogP contribution in [0.2, 0.25) is 0 Å². The molecule has 0 aromatic heterocycles. The third-order valence-corrected chi connectivity index (χ3v) is 4.83. The van der Waals surface area contributed by atoms with Gasteiger partial charge in [-0.25, -0.2) is 0 Å². The molecule has 1 unspecified atom stereocenters. The Labute approximate surface area is 108 Å². The van der Waals surface area contributed by atoms with Gasteiger partial charge in [-0.3, -0.25) is 4.79 Å². The summed E-state index contributed by atoms with van der Waals surface area (Å²) < 4.78 is 11.0. The summed E-state index contributed by atoms with van der Waals surface area (Å²) in [5.74, 6) is -1.31. The second-order valence-electron chi connectivity index (χ2n) is 6.04. The van der Waals surface area contributed by atoms with Crippen molar-refractivity contribution >= 4 is 5.97 Å². The number of fused-ring (bicyclic) bond motifs is 1. The molecule has 0 radical (unpaired) electrons. The molecule has 102 valence electrons. The third-order valence-electron chi connectivity index (χ3n) is 4.83. The van der Waals surface area contributed by atoms with Crippen LogP contribution in [0.5, 0.6) is 0 Å². The van der Waals surface area contributed by atoms with Crippen LogP contribution in [0.1, 0.15) is 58.3 Å². The van der Waals surface area contributed by atoms with Crippen molar-refractivity contribution in [1.29, 1.82) is 0 Å². The standard InChI is InChI=1S/C14H22O4/c1-2-13-14(17-13,18-13)9-11(12(15)16)8-10-6-4-3-5-7-10/h10-11H,2-9H2,1H3,(H,15,16). The van der Waals surface area contributed by atoms with E-state index in [9.17, 15) is 9.90 Å². The van der Waals surface area contributed by atoms with Gasteiger partial charge in [0.2, 0.25) is 11.6 Å². The summed E-state index contributed by atoms with van der Waals surface area (Å²) in [5, 5.41) is 9.36. The number of aliphatic carboxylic acids is 1. The molecule has 3 aliphatic rings. The van der Waals surface area contributed by atoms with Gasteiger partial charge in [0, 0.05) is 12.8 Å². The number of ether oxygens (including phenoxy) is 2. The lowest BCUT2D eigenvalue weighted by atomic mass is 9.81. The van der Waals surface area contributed by atoms with E-state index in [1.807, 2.05) is 6.92 Å². The van der Waals surface area contributed by atoms with Gasteiger partial charge in [0.25, 0.3) is 0 Å². The van der Waals surface area contributed by atoms with Gasteiger partial charge in [-0.15, -0.1) is 0 Å². The Bertz CT molecular complexity index is 340. The minimum absolute atomic E-state index is 0.302. The molecule has 2 heterocycles. The van der Waals surface area contributed by atoms with Crippen molar-refractivity contribution in [3.63, 3.8) is 0 Å². The van der Waals surface area contributed by atoms with E-state index in [1.54, 1.807) is 0 Å². The molecule has 1 N–H and O–H groups in total. The molecule has 0 aromatic carbocycles. The Balaban J connectivity index is 1.54. The maximum absolute atomic E-state index is 11.4. The maximum Gasteiger partial charge on any atom is 0.306 e. The van der Waals surface area contributed by atoms with Crippen LogP contribution < -0.4 is 0 Å². The van der Waals surface area contributed by atoms with Gasteiger partial charge in [0.15, 0.2) is 0 Å². The summed E-state index contributed by atoms with van der Waals surface area (Å²) in [6.45, 7) is 2.02. The lowest BCUT2D eigenvalue weighted by Crippen LogP contribution is -2.23. The number of hydrogen-bond donors (Lipinski definition) is 1. The monoisotopic (exact) mass is 254 g/mol. The number of carbonyl (C=O) groups is 1. The van der Waals surface area contributed by atoms with E-state index < -0.39 is 17.5 Å². The van der Waals surface area contributed by atoms with Crippen LogP contribution >= 0.6 is 0 Å². The zero-order valence-corrected chi connectivity index (χ0v) is 11.0. The van der Waals surface area contributed by atoms with Gasteiger partial charge >= 0.3 is 5.97 Å². The Morgan fingerprint density at radius 3 is 2.44 bits per heavy atom. The lowest BCUT2D eigenvalue weighted by Gasteiger charge is -2.24. The van der Waals surface area contributed by atoms with Crippen LogP contribution in [0.25, 0.3) is 0 Å². The Morgan fingerprint density at radius 1 is 1.28 bits per heavy atom. The molecule has 2 saturated heterocycles. The minimum atomic E-state index is -0.689.